The van der Waals surface area contributed by atoms with E-state index in [1.54, 1.807) is 42.5 Å². The molecule has 0 spiro atoms. The number of hydrogen-bond donors (Lipinski definition) is 1. The number of amides is 3. The number of ether oxygens (including phenoxy) is 2. The van der Waals surface area contributed by atoms with E-state index in [0.29, 0.717) is 40.5 Å². The normalized spacial score (nSPS) is 17.2. The Morgan fingerprint density at radius 2 is 1.62 bits per heavy atom. The number of fused-ring (bicyclic) bond motifs is 1. The topological polar surface area (TPSA) is 84.9 Å². The Morgan fingerprint density at radius 1 is 0.946 bits per heavy atom. The number of imide groups is 1. The van der Waals surface area contributed by atoms with Crippen molar-refractivity contribution in [1.29, 1.82) is 0 Å². The molecule has 1 unspecified atom stereocenters. The van der Waals surface area contributed by atoms with Gasteiger partial charge in [-0.1, -0.05) is 32.9 Å². The highest BCUT2D eigenvalue weighted by molar-refractivity contribution is 6.21. The summed E-state index contributed by atoms with van der Waals surface area (Å²) in [4.78, 5) is 39.5. The Kier molecular flexibility index (Phi) is 6.56. The molecule has 5 rings (SSSR count). The minimum Gasteiger partial charge on any atom is -0.457 e. The predicted octanol–water partition coefficient (Wildman–Crippen LogP) is 5.80. The minimum atomic E-state index is -0.324. The van der Waals surface area contributed by atoms with Crippen LogP contribution in [0.2, 0.25) is 0 Å². The van der Waals surface area contributed by atoms with Crippen LogP contribution in [-0.4, -0.2) is 41.9 Å². The molecule has 2 aliphatic heterocycles. The average Bonchev–Trinajstić information content (AvgIpc) is 3.48. The summed E-state index contributed by atoms with van der Waals surface area (Å²) in [5.74, 6) is 0.184. The van der Waals surface area contributed by atoms with Crippen LogP contribution in [0, 0.1) is 0 Å². The second-order valence-electron chi connectivity index (χ2n) is 10.5. The van der Waals surface area contributed by atoms with Gasteiger partial charge in [-0.2, -0.15) is 0 Å². The fourth-order valence-corrected chi connectivity index (χ4v) is 4.56. The molecule has 1 saturated heterocycles. The molecule has 1 atom stereocenters. The zero-order valence-corrected chi connectivity index (χ0v) is 21.2. The van der Waals surface area contributed by atoms with Crippen LogP contribution in [-0.2, 0) is 10.2 Å². The van der Waals surface area contributed by atoms with Gasteiger partial charge in [-0.3, -0.25) is 19.3 Å². The van der Waals surface area contributed by atoms with E-state index in [2.05, 4.69) is 26.1 Å². The highest BCUT2D eigenvalue weighted by Gasteiger charge is 2.37. The molecule has 7 nitrogen and oxygen atoms in total. The van der Waals surface area contributed by atoms with Gasteiger partial charge in [-0.15, -0.1) is 0 Å². The number of nitrogens with zero attached hydrogens (tertiary/aromatic N) is 1. The maximum atomic E-state index is 12.9. The van der Waals surface area contributed by atoms with Crippen LogP contribution in [0.1, 0.15) is 70.3 Å². The lowest BCUT2D eigenvalue weighted by atomic mass is 9.87. The van der Waals surface area contributed by atoms with Crippen molar-refractivity contribution in [2.45, 2.75) is 45.1 Å². The monoisotopic (exact) mass is 498 g/mol. The van der Waals surface area contributed by atoms with Crippen molar-refractivity contribution < 1.29 is 23.9 Å². The minimum absolute atomic E-state index is 0.0241. The van der Waals surface area contributed by atoms with Gasteiger partial charge in [0.05, 0.1) is 23.8 Å². The van der Waals surface area contributed by atoms with E-state index in [4.69, 9.17) is 9.47 Å². The van der Waals surface area contributed by atoms with Crippen molar-refractivity contribution in [3.05, 3.63) is 89.0 Å². The fraction of sp³-hybridized carbons (Fsp3) is 0.300. The maximum absolute atomic E-state index is 12.9. The van der Waals surface area contributed by atoms with Crippen molar-refractivity contribution >= 4 is 23.4 Å². The zero-order valence-electron chi connectivity index (χ0n) is 21.2. The number of anilines is 1. The summed E-state index contributed by atoms with van der Waals surface area (Å²) < 4.78 is 11.5. The number of rotatable bonds is 6. The summed E-state index contributed by atoms with van der Waals surface area (Å²) in [5.41, 5.74) is 3.12. The van der Waals surface area contributed by atoms with Crippen LogP contribution in [0.4, 0.5) is 5.69 Å². The molecule has 7 heteroatoms. The van der Waals surface area contributed by atoms with Gasteiger partial charge in [0, 0.05) is 17.9 Å². The fourth-order valence-electron chi connectivity index (χ4n) is 4.56. The van der Waals surface area contributed by atoms with Crippen LogP contribution < -0.4 is 10.1 Å². The highest BCUT2D eigenvalue weighted by Crippen LogP contribution is 2.31. The first kappa shape index (κ1) is 24.7. The molecule has 37 heavy (non-hydrogen) atoms. The van der Waals surface area contributed by atoms with E-state index in [-0.39, 0.29) is 35.8 Å². The maximum Gasteiger partial charge on any atom is 0.261 e. The summed E-state index contributed by atoms with van der Waals surface area (Å²) >= 11 is 0. The first-order valence-corrected chi connectivity index (χ1v) is 12.5. The Bertz CT molecular complexity index is 1330. The third kappa shape index (κ3) is 5.27. The first-order chi connectivity index (χ1) is 17.7. The van der Waals surface area contributed by atoms with Gasteiger partial charge >= 0.3 is 0 Å². The Hall–Kier alpha value is -3.97. The molecular formula is C30H30N2O5. The molecule has 0 radical (unpaired) electrons. The summed E-state index contributed by atoms with van der Waals surface area (Å²) in [6, 6.07) is 19.5. The molecule has 2 aliphatic rings. The van der Waals surface area contributed by atoms with Crippen LogP contribution in [0.3, 0.4) is 0 Å². The molecule has 3 aromatic carbocycles. The van der Waals surface area contributed by atoms with Crippen molar-refractivity contribution in [2.24, 2.45) is 0 Å². The Morgan fingerprint density at radius 3 is 2.27 bits per heavy atom. The van der Waals surface area contributed by atoms with E-state index in [9.17, 15) is 14.4 Å². The number of carbonyl (C=O) groups excluding carboxylic acids is 3. The second kappa shape index (κ2) is 9.82. The van der Waals surface area contributed by atoms with E-state index in [1.165, 1.54) is 10.5 Å². The van der Waals surface area contributed by atoms with Gasteiger partial charge in [-0.25, -0.2) is 0 Å². The lowest BCUT2D eigenvalue weighted by molar-refractivity contribution is 0.0475. The SMILES string of the molecule is CC(C)(C)c1ccc(C(=O)Nc2ccc(Oc3ccc4c(c3)C(=O)N(CC3CCCO3)C4=O)cc2)cc1. The summed E-state index contributed by atoms with van der Waals surface area (Å²) in [6.45, 7) is 7.34. The van der Waals surface area contributed by atoms with E-state index >= 15 is 0 Å². The third-order valence-corrected chi connectivity index (χ3v) is 6.71. The third-order valence-electron chi connectivity index (χ3n) is 6.71. The van der Waals surface area contributed by atoms with Crippen LogP contribution in [0.15, 0.2) is 66.7 Å². The lowest BCUT2D eigenvalue weighted by Crippen LogP contribution is -2.36. The van der Waals surface area contributed by atoms with E-state index in [1.807, 2.05) is 24.3 Å². The van der Waals surface area contributed by atoms with Gasteiger partial charge in [0.25, 0.3) is 17.7 Å². The molecule has 0 aromatic heterocycles. The quantitative estimate of drug-likeness (QED) is 0.434. The molecule has 0 saturated carbocycles. The first-order valence-electron chi connectivity index (χ1n) is 12.5. The summed E-state index contributed by atoms with van der Waals surface area (Å²) in [5, 5.41) is 2.89. The molecule has 0 aliphatic carbocycles. The van der Waals surface area contributed by atoms with Crippen LogP contribution >= 0.6 is 0 Å². The molecule has 1 N–H and O–H groups in total. The van der Waals surface area contributed by atoms with Crippen molar-refractivity contribution in [2.75, 3.05) is 18.5 Å². The number of carbonyl (C=O) groups is 3. The van der Waals surface area contributed by atoms with Gasteiger partial charge < -0.3 is 14.8 Å². The molecule has 0 bridgehead atoms. The van der Waals surface area contributed by atoms with Gasteiger partial charge in [0.15, 0.2) is 0 Å². The van der Waals surface area contributed by atoms with Crippen LogP contribution in [0.5, 0.6) is 11.5 Å². The van der Waals surface area contributed by atoms with Crippen molar-refractivity contribution in [1.82, 2.24) is 4.90 Å². The summed E-state index contributed by atoms with van der Waals surface area (Å²) in [6.07, 6.45) is 1.69. The molecule has 3 amide bonds. The molecule has 190 valence electrons. The lowest BCUT2D eigenvalue weighted by Gasteiger charge is -2.19. The Labute approximate surface area is 216 Å². The van der Waals surface area contributed by atoms with Gasteiger partial charge in [0.2, 0.25) is 0 Å². The summed E-state index contributed by atoms with van der Waals surface area (Å²) in [7, 11) is 0. The number of hydrogen-bond acceptors (Lipinski definition) is 5. The van der Waals surface area contributed by atoms with Crippen LogP contribution in [0.25, 0.3) is 0 Å². The Balaban J connectivity index is 1.22. The number of nitrogens with one attached hydrogen (secondary N) is 1. The highest BCUT2D eigenvalue weighted by atomic mass is 16.5. The van der Waals surface area contributed by atoms with E-state index < -0.39 is 0 Å². The van der Waals surface area contributed by atoms with E-state index in [0.717, 1.165) is 12.8 Å². The van der Waals surface area contributed by atoms with Gasteiger partial charge in [0.1, 0.15) is 11.5 Å². The average molecular weight is 499 g/mol. The second-order valence-corrected chi connectivity index (χ2v) is 10.5. The standard InChI is InChI=1S/C30H30N2O5/c1-30(2,3)20-8-6-19(7-9-20)27(33)31-21-10-12-22(13-11-21)37-23-14-15-25-26(17-23)29(35)32(28(25)34)18-24-5-4-16-36-24/h6-15,17,24H,4-5,16,18H2,1-3H3,(H,31,33). The predicted molar refractivity (Wildman–Crippen MR) is 140 cm³/mol. The zero-order chi connectivity index (χ0) is 26.2. The molecule has 2 heterocycles. The molecule has 1 fully saturated rings. The van der Waals surface area contributed by atoms with Crippen molar-refractivity contribution in [3.63, 3.8) is 0 Å². The number of benzene rings is 3. The smallest absolute Gasteiger partial charge is 0.261 e. The van der Waals surface area contributed by atoms with Gasteiger partial charge in [-0.05, 0) is 78.4 Å². The molecular weight excluding hydrogens is 468 g/mol. The molecule has 3 aromatic rings. The largest absolute Gasteiger partial charge is 0.457 e. The van der Waals surface area contributed by atoms with Crippen molar-refractivity contribution in [3.8, 4) is 11.5 Å².